The summed E-state index contributed by atoms with van der Waals surface area (Å²) in [6.45, 7) is 6.72. The Hall–Kier alpha value is -2.96. The highest BCUT2D eigenvalue weighted by Crippen LogP contribution is 2.12. The zero-order chi connectivity index (χ0) is 16.9. The molecule has 7 nitrogen and oxygen atoms in total. The number of benzene rings is 1. The third-order valence-electron chi connectivity index (χ3n) is 3.40. The molecule has 0 saturated carbocycles. The summed E-state index contributed by atoms with van der Waals surface area (Å²) in [5, 5.41) is 16.9. The van der Waals surface area contributed by atoms with Gasteiger partial charge in [0.1, 0.15) is 12.1 Å². The van der Waals surface area contributed by atoms with E-state index in [4.69, 9.17) is 4.74 Å². The average molecular weight is 324 g/mol. The minimum Gasteiger partial charge on any atom is -0.494 e. The Kier molecular flexibility index (Phi) is 4.69. The molecule has 0 aliphatic carbocycles. The first-order valence-corrected chi connectivity index (χ1v) is 7.88. The molecule has 2 heterocycles. The molecule has 124 valence electrons. The Morgan fingerprint density at radius 3 is 2.67 bits per heavy atom. The minimum absolute atomic E-state index is 0.555. The molecule has 0 fully saturated rings. The van der Waals surface area contributed by atoms with Crippen molar-refractivity contribution < 1.29 is 4.74 Å². The molecule has 1 aromatic carbocycles. The van der Waals surface area contributed by atoms with Gasteiger partial charge in [0.2, 0.25) is 0 Å². The van der Waals surface area contributed by atoms with Crippen molar-refractivity contribution in [1.82, 2.24) is 24.7 Å². The smallest absolute Gasteiger partial charge is 0.273 e. The summed E-state index contributed by atoms with van der Waals surface area (Å²) in [6, 6.07) is 9.78. The summed E-state index contributed by atoms with van der Waals surface area (Å²) < 4.78 is 8.89. The molecule has 0 aliphatic heterocycles. The van der Waals surface area contributed by atoms with Crippen molar-refractivity contribution in [3.8, 4) is 11.7 Å². The zero-order valence-electron chi connectivity index (χ0n) is 14.0. The Labute approximate surface area is 140 Å². The maximum atomic E-state index is 5.57. The Balaban J connectivity index is 1.78. The molecule has 0 bridgehead atoms. The minimum atomic E-state index is 0.555. The molecule has 0 spiro atoms. The van der Waals surface area contributed by atoms with Gasteiger partial charge in [0.15, 0.2) is 0 Å². The van der Waals surface area contributed by atoms with Gasteiger partial charge in [-0.2, -0.15) is 14.9 Å². The molecule has 2 aromatic heterocycles. The van der Waals surface area contributed by atoms with Crippen LogP contribution in [-0.4, -0.2) is 37.5 Å². The van der Waals surface area contributed by atoms with Crippen molar-refractivity contribution in [3.63, 3.8) is 0 Å². The first-order chi connectivity index (χ1) is 11.7. The zero-order valence-corrected chi connectivity index (χ0v) is 14.0. The fourth-order valence-corrected chi connectivity index (χ4v) is 2.27. The standard InChI is InChI=1S/C17H20N6O/c1-4-9-24-16-7-5-15(6-8-16)11-19-22-12-18-20-17(22)23-14(3)10-13(2)21-23/h5-8,10-12H,4,9H2,1-3H3/b19-11-. The molecule has 7 heteroatoms. The second-order valence-electron chi connectivity index (χ2n) is 5.48. The lowest BCUT2D eigenvalue weighted by atomic mass is 10.2. The van der Waals surface area contributed by atoms with Crippen molar-refractivity contribution in [2.75, 3.05) is 6.61 Å². The van der Waals surface area contributed by atoms with Crippen LogP contribution in [0.4, 0.5) is 0 Å². The van der Waals surface area contributed by atoms with Crippen molar-refractivity contribution in [1.29, 1.82) is 0 Å². The van der Waals surface area contributed by atoms with E-state index in [1.54, 1.807) is 21.9 Å². The lowest BCUT2D eigenvalue weighted by Gasteiger charge is -2.04. The third kappa shape index (κ3) is 3.51. The predicted octanol–water partition coefficient (Wildman–Crippen LogP) is 2.75. The second kappa shape index (κ2) is 7.08. The molecule has 0 amide bonds. The van der Waals surface area contributed by atoms with Gasteiger partial charge in [-0.3, -0.25) is 0 Å². The van der Waals surface area contributed by atoms with Crippen LogP contribution in [0.25, 0.3) is 5.95 Å². The molecule has 0 saturated heterocycles. The van der Waals surface area contributed by atoms with E-state index in [0.29, 0.717) is 5.95 Å². The predicted molar refractivity (Wildman–Crippen MR) is 91.8 cm³/mol. The lowest BCUT2D eigenvalue weighted by molar-refractivity contribution is 0.317. The molecule has 0 unspecified atom stereocenters. The largest absolute Gasteiger partial charge is 0.494 e. The van der Waals surface area contributed by atoms with Crippen LogP contribution in [0.15, 0.2) is 41.8 Å². The van der Waals surface area contributed by atoms with Crippen LogP contribution in [0.2, 0.25) is 0 Å². The molecule has 3 rings (SSSR count). The van der Waals surface area contributed by atoms with Gasteiger partial charge < -0.3 is 4.74 Å². The number of hydrogen-bond acceptors (Lipinski definition) is 5. The van der Waals surface area contributed by atoms with E-state index in [1.807, 2.05) is 44.2 Å². The average Bonchev–Trinajstić information content (AvgIpc) is 3.17. The fraction of sp³-hybridized carbons (Fsp3) is 0.294. The summed E-state index contributed by atoms with van der Waals surface area (Å²) >= 11 is 0. The summed E-state index contributed by atoms with van der Waals surface area (Å²) in [5.41, 5.74) is 2.87. The first-order valence-electron chi connectivity index (χ1n) is 7.88. The van der Waals surface area contributed by atoms with E-state index >= 15 is 0 Å². The lowest BCUT2D eigenvalue weighted by Crippen LogP contribution is -2.06. The molecular weight excluding hydrogens is 304 g/mol. The highest BCUT2D eigenvalue weighted by Gasteiger charge is 2.10. The summed E-state index contributed by atoms with van der Waals surface area (Å²) in [7, 11) is 0. The van der Waals surface area contributed by atoms with Gasteiger partial charge in [0.05, 0.1) is 18.5 Å². The fourth-order valence-electron chi connectivity index (χ4n) is 2.27. The summed E-state index contributed by atoms with van der Waals surface area (Å²) in [5.74, 6) is 1.42. The highest BCUT2D eigenvalue weighted by molar-refractivity contribution is 5.79. The van der Waals surface area contributed by atoms with Crippen molar-refractivity contribution in [3.05, 3.63) is 53.6 Å². The van der Waals surface area contributed by atoms with Crippen molar-refractivity contribution >= 4 is 6.21 Å². The number of rotatable bonds is 6. The molecule has 0 aliphatic rings. The van der Waals surface area contributed by atoms with Gasteiger partial charge >= 0.3 is 0 Å². The van der Waals surface area contributed by atoms with Gasteiger partial charge in [0, 0.05) is 5.69 Å². The van der Waals surface area contributed by atoms with Crippen LogP contribution >= 0.6 is 0 Å². The number of nitrogens with zero attached hydrogens (tertiary/aromatic N) is 6. The van der Waals surface area contributed by atoms with Gasteiger partial charge in [-0.05, 0) is 56.2 Å². The normalized spacial score (nSPS) is 11.3. The Morgan fingerprint density at radius 2 is 2.00 bits per heavy atom. The maximum Gasteiger partial charge on any atom is 0.273 e. The molecule has 0 N–H and O–H groups in total. The molecule has 0 atom stereocenters. The maximum absolute atomic E-state index is 5.57. The summed E-state index contributed by atoms with van der Waals surface area (Å²) in [4.78, 5) is 0. The van der Waals surface area contributed by atoms with Gasteiger partial charge in [-0.25, -0.2) is 4.68 Å². The van der Waals surface area contributed by atoms with Crippen LogP contribution in [0.1, 0.15) is 30.3 Å². The van der Waals surface area contributed by atoms with Crippen LogP contribution in [-0.2, 0) is 0 Å². The number of aryl methyl sites for hydroxylation is 2. The third-order valence-corrected chi connectivity index (χ3v) is 3.40. The Morgan fingerprint density at radius 1 is 1.21 bits per heavy atom. The number of ether oxygens (including phenoxy) is 1. The van der Waals surface area contributed by atoms with Crippen LogP contribution in [0.3, 0.4) is 0 Å². The van der Waals surface area contributed by atoms with E-state index in [1.165, 1.54) is 0 Å². The molecule has 0 radical (unpaired) electrons. The second-order valence-corrected chi connectivity index (χ2v) is 5.48. The van der Waals surface area contributed by atoms with E-state index in [2.05, 4.69) is 27.3 Å². The van der Waals surface area contributed by atoms with Crippen molar-refractivity contribution in [2.45, 2.75) is 27.2 Å². The van der Waals surface area contributed by atoms with E-state index in [9.17, 15) is 0 Å². The number of aromatic nitrogens is 5. The van der Waals surface area contributed by atoms with Gasteiger partial charge in [-0.15, -0.1) is 10.2 Å². The topological polar surface area (TPSA) is 70.1 Å². The highest BCUT2D eigenvalue weighted by atomic mass is 16.5. The van der Waals surface area contributed by atoms with Crippen molar-refractivity contribution in [2.24, 2.45) is 5.10 Å². The molecule has 3 aromatic rings. The SMILES string of the molecule is CCCOc1ccc(/C=N\n2cnnc2-n2nc(C)cc2C)cc1. The monoisotopic (exact) mass is 324 g/mol. The number of hydrogen-bond donors (Lipinski definition) is 0. The van der Waals surface area contributed by atoms with E-state index in [0.717, 1.165) is 35.7 Å². The van der Waals surface area contributed by atoms with Crippen LogP contribution in [0.5, 0.6) is 5.75 Å². The van der Waals surface area contributed by atoms with Crippen LogP contribution in [0, 0.1) is 13.8 Å². The van der Waals surface area contributed by atoms with Crippen LogP contribution < -0.4 is 4.74 Å². The molecule has 24 heavy (non-hydrogen) atoms. The van der Waals surface area contributed by atoms with Gasteiger partial charge in [0.25, 0.3) is 5.95 Å². The first kappa shape index (κ1) is 15.9. The quantitative estimate of drug-likeness (QED) is 0.654. The van der Waals surface area contributed by atoms with E-state index < -0.39 is 0 Å². The summed E-state index contributed by atoms with van der Waals surface area (Å²) in [6.07, 6.45) is 4.30. The van der Waals surface area contributed by atoms with Gasteiger partial charge in [-0.1, -0.05) is 6.92 Å². The Bertz CT molecular complexity index is 831. The molecular formula is C17H20N6O. The van der Waals surface area contributed by atoms with E-state index in [-0.39, 0.29) is 0 Å².